The summed E-state index contributed by atoms with van der Waals surface area (Å²) in [5.74, 6) is -0.156. The molecule has 17 heavy (non-hydrogen) atoms. The van der Waals surface area contributed by atoms with Gasteiger partial charge in [-0.1, -0.05) is 0 Å². The van der Waals surface area contributed by atoms with Crippen molar-refractivity contribution >= 4 is 21.7 Å². The highest BCUT2D eigenvalue weighted by Crippen LogP contribution is 2.35. The van der Waals surface area contributed by atoms with Crippen molar-refractivity contribution in [2.24, 2.45) is 0 Å². The summed E-state index contributed by atoms with van der Waals surface area (Å²) in [6.45, 7) is 0.871. The van der Waals surface area contributed by atoms with Gasteiger partial charge in [0.25, 0.3) is 0 Å². The van der Waals surface area contributed by atoms with Gasteiger partial charge < -0.3 is 10.1 Å². The molecule has 7 heteroatoms. The van der Waals surface area contributed by atoms with Crippen LogP contribution in [0.25, 0.3) is 0 Å². The number of anilines is 1. The molecule has 0 aromatic carbocycles. The molecule has 0 fully saturated rings. The molecule has 1 aromatic rings. The van der Waals surface area contributed by atoms with Crippen molar-refractivity contribution in [3.8, 4) is 0 Å². The summed E-state index contributed by atoms with van der Waals surface area (Å²) in [6, 6.07) is 1.01. The highest BCUT2D eigenvalue weighted by Gasteiger charge is 2.34. The predicted octanol–water partition coefficient (Wildman–Crippen LogP) is 3.31. The van der Waals surface area contributed by atoms with Gasteiger partial charge >= 0.3 is 6.18 Å². The third kappa shape index (κ3) is 4.51. The van der Waals surface area contributed by atoms with Crippen LogP contribution in [0, 0.1) is 0 Å². The first kappa shape index (κ1) is 14.2. The van der Waals surface area contributed by atoms with Gasteiger partial charge in [0, 0.05) is 30.9 Å². The molecule has 0 aliphatic heterocycles. The van der Waals surface area contributed by atoms with Crippen molar-refractivity contribution in [1.82, 2.24) is 4.98 Å². The molecule has 0 saturated carbocycles. The van der Waals surface area contributed by atoms with Crippen molar-refractivity contribution in [3.05, 3.63) is 22.3 Å². The Morgan fingerprint density at radius 1 is 1.47 bits per heavy atom. The van der Waals surface area contributed by atoms with Gasteiger partial charge in [-0.15, -0.1) is 0 Å². The second kappa shape index (κ2) is 6.20. The molecule has 1 heterocycles. The molecule has 0 atom stereocenters. The van der Waals surface area contributed by atoms with Crippen LogP contribution in [0.4, 0.5) is 19.0 Å². The molecule has 1 N–H and O–H groups in total. The first-order valence-corrected chi connectivity index (χ1v) is 5.70. The summed E-state index contributed by atoms with van der Waals surface area (Å²) in [7, 11) is 1.54. The Bertz CT molecular complexity index is 371. The minimum absolute atomic E-state index is 0.156. The number of hydrogen-bond acceptors (Lipinski definition) is 3. The normalized spacial score (nSPS) is 11.6. The molecule has 0 aliphatic carbocycles. The average Bonchev–Trinajstić information content (AvgIpc) is 2.25. The lowest BCUT2D eigenvalue weighted by Crippen LogP contribution is -2.14. The maximum atomic E-state index is 12.7. The molecule has 0 amide bonds. The van der Waals surface area contributed by atoms with Crippen LogP contribution in [-0.4, -0.2) is 25.2 Å². The zero-order valence-corrected chi connectivity index (χ0v) is 10.7. The molecule has 0 spiro atoms. The Kier molecular flexibility index (Phi) is 5.20. The number of ether oxygens (including phenoxy) is 1. The van der Waals surface area contributed by atoms with E-state index in [1.807, 2.05) is 0 Å². The van der Waals surface area contributed by atoms with Gasteiger partial charge in [-0.3, -0.25) is 0 Å². The topological polar surface area (TPSA) is 34.1 Å². The quantitative estimate of drug-likeness (QED) is 0.847. The number of methoxy groups -OCH3 is 1. The Morgan fingerprint density at radius 3 is 2.76 bits per heavy atom. The van der Waals surface area contributed by atoms with Gasteiger partial charge in [0.05, 0.1) is 5.56 Å². The van der Waals surface area contributed by atoms with E-state index in [9.17, 15) is 13.2 Å². The van der Waals surface area contributed by atoms with Gasteiger partial charge in [0.15, 0.2) is 0 Å². The maximum absolute atomic E-state index is 12.7. The zero-order chi connectivity index (χ0) is 12.9. The summed E-state index contributed by atoms with van der Waals surface area (Å²) < 4.78 is 43.1. The van der Waals surface area contributed by atoms with E-state index < -0.39 is 11.7 Å². The minimum atomic E-state index is -4.42. The van der Waals surface area contributed by atoms with Gasteiger partial charge in [-0.25, -0.2) is 4.98 Å². The number of aromatic nitrogens is 1. The number of hydrogen-bond donors (Lipinski definition) is 1. The smallest absolute Gasteiger partial charge is 0.385 e. The number of halogens is 4. The van der Waals surface area contributed by atoms with Gasteiger partial charge in [0.2, 0.25) is 0 Å². The molecule has 1 rings (SSSR count). The summed E-state index contributed by atoms with van der Waals surface area (Å²) >= 11 is 2.97. The number of rotatable bonds is 5. The lowest BCUT2D eigenvalue weighted by atomic mass is 10.2. The van der Waals surface area contributed by atoms with E-state index >= 15 is 0 Å². The summed E-state index contributed by atoms with van der Waals surface area (Å²) in [5, 5.41) is 2.65. The Hall–Kier alpha value is -0.820. The number of nitrogens with one attached hydrogen (secondary N) is 1. The molecule has 96 valence electrons. The largest absolute Gasteiger partial charge is 0.419 e. The van der Waals surface area contributed by atoms with Crippen LogP contribution in [0.3, 0.4) is 0 Å². The monoisotopic (exact) mass is 312 g/mol. The third-order valence-corrected chi connectivity index (χ3v) is 2.41. The third-order valence-electron chi connectivity index (χ3n) is 1.98. The molecule has 0 aliphatic rings. The van der Waals surface area contributed by atoms with E-state index in [0.29, 0.717) is 24.0 Å². The van der Waals surface area contributed by atoms with Gasteiger partial charge in [-0.05, 0) is 28.4 Å². The van der Waals surface area contributed by atoms with Crippen molar-refractivity contribution in [1.29, 1.82) is 0 Å². The molecular formula is C10H12BrF3N2O. The summed E-state index contributed by atoms with van der Waals surface area (Å²) in [4.78, 5) is 3.72. The second-order valence-corrected chi connectivity index (χ2v) is 4.24. The number of nitrogens with zero attached hydrogens (tertiary/aromatic N) is 1. The molecule has 3 nitrogen and oxygen atoms in total. The molecule has 0 bridgehead atoms. The van der Waals surface area contributed by atoms with Crippen LogP contribution in [0.5, 0.6) is 0 Å². The van der Waals surface area contributed by atoms with E-state index in [-0.39, 0.29) is 5.82 Å². The number of alkyl halides is 3. The zero-order valence-electron chi connectivity index (χ0n) is 9.14. The average molecular weight is 313 g/mol. The van der Waals surface area contributed by atoms with Crippen molar-refractivity contribution < 1.29 is 17.9 Å². The summed E-state index contributed by atoms with van der Waals surface area (Å²) in [6.07, 6.45) is -2.47. The van der Waals surface area contributed by atoms with Crippen molar-refractivity contribution in [3.63, 3.8) is 0 Å². The predicted molar refractivity (Wildman–Crippen MR) is 61.9 cm³/mol. The minimum Gasteiger partial charge on any atom is -0.385 e. The lowest BCUT2D eigenvalue weighted by Gasteiger charge is -2.13. The first-order chi connectivity index (χ1) is 7.95. The van der Waals surface area contributed by atoms with Crippen LogP contribution in [0.1, 0.15) is 12.0 Å². The van der Waals surface area contributed by atoms with Crippen LogP contribution < -0.4 is 5.32 Å². The molecule has 1 aromatic heterocycles. The molecule has 0 saturated heterocycles. The van der Waals surface area contributed by atoms with Crippen molar-refractivity contribution in [2.45, 2.75) is 12.6 Å². The molecule has 0 radical (unpaired) electrons. The van der Waals surface area contributed by atoms with E-state index in [2.05, 4.69) is 26.2 Å². The van der Waals surface area contributed by atoms with Crippen LogP contribution in [-0.2, 0) is 10.9 Å². The van der Waals surface area contributed by atoms with E-state index in [4.69, 9.17) is 4.74 Å². The first-order valence-electron chi connectivity index (χ1n) is 4.90. The SMILES string of the molecule is COCCCNc1ncc(Br)cc1C(F)(F)F. The van der Waals surface area contributed by atoms with Gasteiger partial charge in [0.1, 0.15) is 5.82 Å². The van der Waals surface area contributed by atoms with Crippen LogP contribution in [0.15, 0.2) is 16.7 Å². The van der Waals surface area contributed by atoms with E-state index in [0.717, 1.165) is 6.07 Å². The van der Waals surface area contributed by atoms with Gasteiger partial charge in [-0.2, -0.15) is 13.2 Å². The van der Waals surface area contributed by atoms with Crippen molar-refractivity contribution in [2.75, 3.05) is 25.6 Å². The Morgan fingerprint density at radius 2 is 2.18 bits per heavy atom. The fourth-order valence-electron chi connectivity index (χ4n) is 1.22. The second-order valence-electron chi connectivity index (χ2n) is 3.32. The highest BCUT2D eigenvalue weighted by atomic mass is 79.9. The Balaban J connectivity index is 2.77. The molecular weight excluding hydrogens is 301 g/mol. The fraction of sp³-hybridized carbons (Fsp3) is 0.500. The standard InChI is InChI=1S/C10H12BrF3N2O/c1-17-4-2-3-15-9-8(10(12,13)14)5-7(11)6-16-9/h5-6H,2-4H2,1H3,(H,15,16). The van der Waals surface area contributed by atoms with E-state index in [1.165, 1.54) is 6.20 Å². The highest BCUT2D eigenvalue weighted by molar-refractivity contribution is 9.10. The van der Waals surface area contributed by atoms with Crippen LogP contribution >= 0.6 is 15.9 Å². The lowest BCUT2D eigenvalue weighted by molar-refractivity contribution is -0.137. The Labute approximate surface area is 106 Å². The fourth-order valence-corrected chi connectivity index (χ4v) is 1.55. The molecule has 0 unspecified atom stereocenters. The van der Waals surface area contributed by atoms with E-state index in [1.54, 1.807) is 7.11 Å². The number of pyridine rings is 1. The van der Waals surface area contributed by atoms with Crippen LogP contribution in [0.2, 0.25) is 0 Å². The maximum Gasteiger partial charge on any atom is 0.419 e. The summed E-state index contributed by atoms with van der Waals surface area (Å²) in [5.41, 5.74) is -0.774.